The number of rotatable bonds is 2. The van der Waals surface area contributed by atoms with Gasteiger partial charge in [-0.05, 0) is 42.5 Å². The van der Waals surface area contributed by atoms with Crippen LogP contribution in [0.25, 0.3) is 0 Å². The zero-order chi connectivity index (χ0) is 13.8. The summed E-state index contributed by atoms with van der Waals surface area (Å²) in [6, 6.07) is 8.04. The maximum absolute atomic E-state index is 11.7. The zero-order valence-electron chi connectivity index (χ0n) is 9.44. The normalized spacial score (nSPS) is 10.0. The van der Waals surface area contributed by atoms with Crippen LogP contribution in [0, 0.1) is 0 Å². The van der Waals surface area contributed by atoms with Gasteiger partial charge in [0.1, 0.15) is 0 Å². The first kappa shape index (κ1) is 13.9. The second-order valence-electron chi connectivity index (χ2n) is 3.51. The van der Waals surface area contributed by atoms with Gasteiger partial charge < -0.3 is 9.73 Å². The lowest BCUT2D eigenvalue weighted by Crippen LogP contribution is -2.33. The van der Waals surface area contributed by atoms with E-state index in [1.54, 1.807) is 24.3 Å². The molecule has 98 valence electrons. The number of halogens is 2. The molecule has 1 aromatic heterocycles. The van der Waals surface area contributed by atoms with Crippen LogP contribution >= 0.6 is 35.4 Å². The zero-order valence-corrected chi connectivity index (χ0v) is 11.8. The molecular weight excluding hydrogens is 307 g/mol. The molecule has 19 heavy (non-hydrogen) atoms. The molecular formula is C12H8Cl2N2O2S. The van der Waals surface area contributed by atoms with Crippen molar-refractivity contribution in [3.8, 4) is 0 Å². The molecule has 0 saturated heterocycles. The van der Waals surface area contributed by atoms with Crippen LogP contribution in [0.3, 0.4) is 0 Å². The summed E-state index contributed by atoms with van der Waals surface area (Å²) < 4.78 is 4.94. The van der Waals surface area contributed by atoms with E-state index in [1.807, 2.05) is 0 Å². The molecule has 2 N–H and O–H groups in total. The Bertz CT molecular complexity index is 614. The Kier molecular flexibility index (Phi) is 4.42. The summed E-state index contributed by atoms with van der Waals surface area (Å²) in [6.07, 6.45) is 1.40. The lowest BCUT2D eigenvalue weighted by Gasteiger charge is -2.10. The molecule has 0 spiro atoms. The van der Waals surface area contributed by atoms with Crippen molar-refractivity contribution >= 4 is 52.1 Å². The predicted octanol–water partition coefficient (Wildman–Crippen LogP) is 3.71. The van der Waals surface area contributed by atoms with Crippen LogP contribution in [0.15, 0.2) is 41.0 Å². The predicted molar refractivity (Wildman–Crippen MR) is 78.9 cm³/mol. The molecule has 0 aliphatic heterocycles. The fourth-order valence-corrected chi connectivity index (χ4v) is 1.98. The van der Waals surface area contributed by atoms with Crippen LogP contribution in [-0.4, -0.2) is 11.0 Å². The minimum absolute atomic E-state index is 0.116. The molecule has 0 unspecified atom stereocenters. The van der Waals surface area contributed by atoms with Crippen LogP contribution in [-0.2, 0) is 0 Å². The summed E-state index contributed by atoms with van der Waals surface area (Å²) in [5.41, 5.74) is 0.552. The summed E-state index contributed by atoms with van der Waals surface area (Å²) in [6.45, 7) is 0. The highest BCUT2D eigenvalue weighted by Gasteiger charge is 2.11. The van der Waals surface area contributed by atoms with Gasteiger partial charge in [-0.1, -0.05) is 23.2 Å². The van der Waals surface area contributed by atoms with Crippen molar-refractivity contribution in [2.75, 3.05) is 5.32 Å². The Morgan fingerprint density at radius 1 is 1.26 bits per heavy atom. The number of amides is 1. The third kappa shape index (κ3) is 3.70. The topological polar surface area (TPSA) is 54.3 Å². The third-order valence-corrected chi connectivity index (χ3v) is 2.90. The van der Waals surface area contributed by atoms with Gasteiger partial charge in [0, 0.05) is 5.02 Å². The first-order valence-corrected chi connectivity index (χ1v) is 6.33. The summed E-state index contributed by atoms with van der Waals surface area (Å²) in [4.78, 5) is 11.7. The number of carbonyl (C=O) groups is 1. The first-order valence-electron chi connectivity index (χ1n) is 5.17. The molecule has 0 atom stereocenters. The van der Waals surface area contributed by atoms with Crippen molar-refractivity contribution in [3.63, 3.8) is 0 Å². The number of thiocarbonyl (C=S) groups is 1. The van der Waals surface area contributed by atoms with Gasteiger partial charge in [-0.25, -0.2) is 0 Å². The van der Waals surface area contributed by atoms with Gasteiger partial charge in [-0.3, -0.25) is 10.1 Å². The van der Waals surface area contributed by atoms with Gasteiger partial charge >= 0.3 is 0 Å². The minimum Gasteiger partial charge on any atom is -0.459 e. The number of hydrogen-bond acceptors (Lipinski definition) is 3. The highest BCUT2D eigenvalue weighted by Crippen LogP contribution is 2.25. The van der Waals surface area contributed by atoms with E-state index in [2.05, 4.69) is 10.6 Å². The first-order chi connectivity index (χ1) is 9.06. The second kappa shape index (κ2) is 6.06. The van der Waals surface area contributed by atoms with Crippen molar-refractivity contribution in [2.24, 2.45) is 0 Å². The maximum atomic E-state index is 11.7. The molecule has 2 aromatic rings. The van der Waals surface area contributed by atoms with Crippen LogP contribution < -0.4 is 10.6 Å². The molecule has 1 heterocycles. The van der Waals surface area contributed by atoms with Gasteiger partial charge in [0.15, 0.2) is 10.9 Å². The highest BCUT2D eigenvalue weighted by molar-refractivity contribution is 7.80. The minimum atomic E-state index is -0.437. The molecule has 4 nitrogen and oxygen atoms in total. The van der Waals surface area contributed by atoms with E-state index in [-0.39, 0.29) is 10.9 Å². The second-order valence-corrected chi connectivity index (χ2v) is 4.76. The monoisotopic (exact) mass is 314 g/mol. The van der Waals surface area contributed by atoms with Crippen molar-refractivity contribution in [2.45, 2.75) is 0 Å². The van der Waals surface area contributed by atoms with Crippen LogP contribution in [0.5, 0.6) is 0 Å². The van der Waals surface area contributed by atoms with E-state index in [4.69, 9.17) is 39.8 Å². The smallest absolute Gasteiger partial charge is 0.293 e. The third-order valence-electron chi connectivity index (χ3n) is 2.15. The average molecular weight is 315 g/mol. The van der Waals surface area contributed by atoms with Gasteiger partial charge in [0.25, 0.3) is 5.91 Å². The average Bonchev–Trinajstić information content (AvgIpc) is 2.86. The Morgan fingerprint density at radius 3 is 2.68 bits per heavy atom. The number of hydrogen-bond donors (Lipinski definition) is 2. The van der Waals surface area contributed by atoms with Crippen molar-refractivity contribution < 1.29 is 9.21 Å². The van der Waals surface area contributed by atoms with Crippen LogP contribution in [0.2, 0.25) is 10.0 Å². The van der Waals surface area contributed by atoms with E-state index >= 15 is 0 Å². The molecule has 0 saturated carbocycles. The molecule has 0 radical (unpaired) electrons. The number of anilines is 1. The standard InChI is InChI=1S/C12H8Cl2N2O2S/c13-7-3-4-9(8(14)6-7)15-12(19)16-11(17)10-2-1-5-18-10/h1-6H,(H2,15,16,17,19). The summed E-state index contributed by atoms with van der Waals surface area (Å²) in [7, 11) is 0. The molecule has 0 bridgehead atoms. The van der Waals surface area contributed by atoms with E-state index in [9.17, 15) is 4.79 Å². The summed E-state index contributed by atoms with van der Waals surface area (Å²) >= 11 is 16.8. The summed E-state index contributed by atoms with van der Waals surface area (Å²) in [5, 5.41) is 6.30. The van der Waals surface area contributed by atoms with Crippen molar-refractivity contribution in [1.82, 2.24) is 5.32 Å². The van der Waals surface area contributed by atoms with E-state index in [0.29, 0.717) is 15.7 Å². The molecule has 2 rings (SSSR count). The quantitative estimate of drug-likeness (QED) is 0.830. The molecule has 1 amide bonds. The van der Waals surface area contributed by atoms with Gasteiger partial charge in [0.05, 0.1) is 17.0 Å². The Hall–Kier alpha value is -1.56. The number of carbonyl (C=O) groups excluding carboxylic acids is 1. The molecule has 0 aliphatic carbocycles. The number of nitrogens with one attached hydrogen (secondary N) is 2. The number of furan rings is 1. The van der Waals surface area contributed by atoms with Crippen molar-refractivity contribution in [1.29, 1.82) is 0 Å². The largest absolute Gasteiger partial charge is 0.459 e. The van der Waals surface area contributed by atoms with E-state index in [0.717, 1.165) is 0 Å². The highest BCUT2D eigenvalue weighted by atomic mass is 35.5. The fraction of sp³-hybridized carbons (Fsp3) is 0. The Labute approximate surface area is 124 Å². The molecule has 0 aliphatic rings. The maximum Gasteiger partial charge on any atom is 0.293 e. The molecule has 7 heteroatoms. The van der Waals surface area contributed by atoms with Crippen LogP contribution in [0.4, 0.5) is 5.69 Å². The fourth-order valence-electron chi connectivity index (χ4n) is 1.32. The molecule has 0 fully saturated rings. The Morgan fingerprint density at radius 2 is 2.05 bits per heavy atom. The van der Waals surface area contributed by atoms with Gasteiger partial charge in [-0.15, -0.1) is 0 Å². The van der Waals surface area contributed by atoms with Crippen LogP contribution in [0.1, 0.15) is 10.6 Å². The van der Waals surface area contributed by atoms with E-state index < -0.39 is 5.91 Å². The van der Waals surface area contributed by atoms with E-state index in [1.165, 1.54) is 12.3 Å². The SMILES string of the molecule is O=C(NC(=S)Nc1ccc(Cl)cc1Cl)c1ccco1. The lowest BCUT2D eigenvalue weighted by molar-refractivity contribution is 0.0950. The lowest BCUT2D eigenvalue weighted by atomic mass is 10.3. The number of benzene rings is 1. The summed E-state index contributed by atoms with van der Waals surface area (Å²) in [5.74, 6) is -0.265. The van der Waals surface area contributed by atoms with Gasteiger partial charge in [-0.2, -0.15) is 0 Å². The van der Waals surface area contributed by atoms with Gasteiger partial charge in [0.2, 0.25) is 0 Å². The van der Waals surface area contributed by atoms with Crippen molar-refractivity contribution in [3.05, 3.63) is 52.4 Å². The molecule has 1 aromatic carbocycles. The Balaban J connectivity index is 2.00.